The maximum atomic E-state index is 12.5. The summed E-state index contributed by atoms with van der Waals surface area (Å²) in [4.78, 5) is 27.6. The Balaban J connectivity index is 2.09. The molecule has 0 N–H and O–H groups in total. The van der Waals surface area contributed by atoms with E-state index in [2.05, 4.69) is 11.6 Å². The first-order chi connectivity index (χ1) is 13.2. The molecule has 1 amide bonds. The number of thiazole rings is 1. The van der Waals surface area contributed by atoms with Crippen molar-refractivity contribution in [2.75, 3.05) is 6.26 Å². The molecule has 144 valence electrons. The first-order valence-corrected chi connectivity index (χ1v) is 10.7. The SMILES string of the molecule is C=CCn1c(=NC(=O)c2ccc(S(C)(=O)=O)cc2)sc2cc([N+](=O)[O-])ccc21. The number of sulfone groups is 1. The van der Waals surface area contributed by atoms with Gasteiger partial charge in [0.2, 0.25) is 0 Å². The summed E-state index contributed by atoms with van der Waals surface area (Å²) in [6.45, 7) is 4.06. The van der Waals surface area contributed by atoms with Gasteiger partial charge in [-0.3, -0.25) is 14.9 Å². The summed E-state index contributed by atoms with van der Waals surface area (Å²) in [5, 5.41) is 11.0. The van der Waals surface area contributed by atoms with Gasteiger partial charge in [0.05, 0.1) is 20.0 Å². The van der Waals surface area contributed by atoms with E-state index in [1.807, 2.05) is 0 Å². The van der Waals surface area contributed by atoms with Crippen molar-refractivity contribution in [1.29, 1.82) is 0 Å². The van der Waals surface area contributed by atoms with E-state index in [-0.39, 0.29) is 16.1 Å². The average molecular weight is 417 g/mol. The van der Waals surface area contributed by atoms with Crippen LogP contribution < -0.4 is 4.80 Å². The number of nitro groups is 1. The highest BCUT2D eigenvalue weighted by atomic mass is 32.2. The maximum Gasteiger partial charge on any atom is 0.279 e. The van der Waals surface area contributed by atoms with Gasteiger partial charge in [0.1, 0.15) is 0 Å². The fraction of sp³-hybridized carbons (Fsp3) is 0.111. The van der Waals surface area contributed by atoms with E-state index in [0.717, 1.165) is 17.6 Å². The van der Waals surface area contributed by atoms with Crippen LogP contribution in [0.5, 0.6) is 0 Å². The molecule has 0 fully saturated rings. The zero-order chi connectivity index (χ0) is 20.5. The molecule has 0 saturated carbocycles. The van der Waals surface area contributed by atoms with Crippen LogP contribution >= 0.6 is 11.3 Å². The fourth-order valence-corrected chi connectivity index (χ4v) is 4.26. The number of benzene rings is 2. The van der Waals surface area contributed by atoms with Crippen LogP contribution in [-0.2, 0) is 16.4 Å². The van der Waals surface area contributed by atoms with Gasteiger partial charge in [-0.05, 0) is 30.3 Å². The van der Waals surface area contributed by atoms with Crippen molar-refractivity contribution < 1.29 is 18.1 Å². The van der Waals surface area contributed by atoms with Crippen molar-refractivity contribution in [3.05, 3.63) is 75.6 Å². The molecule has 0 radical (unpaired) electrons. The lowest BCUT2D eigenvalue weighted by atomic mass is 10.2. The predicted molar refractivity (Wildman–Crippen MR) is 106 cm³/mol. The number of nitro benzene ring substituents is 1. The van der Waals surface area contributed by atoms with Gasteiger partial charge in [-0.2, -0.15) is 4.99 Å². The Labute approximate surface area is 164 Å². The van der Waals surface area contributed by atoms with Crippen molar-refractivity contribution in [2.24, 2.45) is 4.99 Å². The zero-order valence-electron chi connectivity index (χ0n) is 14.7. The third kappa shape index (κ3) is 3.92. The van der Waals surface area contributed by atoms with Gasteiger partial charge in [0.25, 0.3) is 11.6 Å². The van der Waals surface area contributed by atoms with Crippen LogP contribution in [0.1, 0.15) is 10.4 Å². The topological polar surface area (TPSA) is 112 Å². The first-order valence-electron chi connectivity index (χ1n) is 7.98. The summed E-state index contributed by atoms with van der Waals surface area (Å²) >= 11 is 1.15. The molecule has 0 atom stereocenters. The van der Waals surface area contributed by atoms with E-state index < -0.39 is 20.7 Å². The highest BCUT2D eigenvalue weighted by Crippen LogP contribution is 2.23. The second-order valence-electron chi connectivity index (χ2n) is 5.91. The second kappa shape index (κ2) is 7.49. The summed E-state index contributed by atoms with van der Waals surface area (Å²) in [6, 6.07) is 9.94. The third-order valence-electron chi connectivity index (χ3n) is 3.92. The average Bonchev–Trinajstić information content (AvgIpc) is 2.98. The number of nitrogens with zero attached hydrogens (tertiary/aromatic N) is 3. The summed E-state index contributed by atoms with van der Waals surface area (Å²) in [6.07, 6.45) is 2.72. The minimum absolute atomic E-state index is 0.0475. The molecule has 2 aromatic carbocycles. The minimum atomic E-state index is -3.36. The fourth-order valence-electron chi connectivity index (χ4n) is 2.56. The number of hydrogen-bond acceptors (Lipinski definition) is 6. The van der Waals surface area contributed by atoms with Gasteiger partial charge >= 0.3 is 0 Å². The Morgan fingerprint density at radius 2 is 1.96 bits per heavy atom. The normalized spacial score (nSPS) is 12.2. The van der Waals surface area contributed by atoms with Crippen molar-refractivity contribution >= 4 is 43.0 Å². The van der Waals surface area contributed by atoms with E-state index in [9.17, 15) is 23.3 Å². The Bertz CT molecular complexity index is 1270. The number of non-ortho nitro benzene ring substituents is 1. The maximum absolute atomic E-state index is 12.5. The number of fused-ring (bicyclic) bond motifs is 1. The van der Waals surface area contributed by atoms with Crippen molar-refractivity contribution in [3.63, 3.8) is 0 Å². The summed E-state index contributed by atoms with van der Waals surface area (Å²) in [7, 11) is -3.36. The van der Waals surface area contributed by atoms with Gasteiger partial charge in [-0.25, -0.2) is 8.42 Å². The summed E-state index contributed by atoms with van der Waals surface area (Å²) in [5.74, 6) is -0.543. The number of amides is 1. The van der Waals surface area contributed by atoms with Crippen LogP contribution in [0.2, 0.25) is 0 Å². The molecule has 8 nitrogen and oxygen atoms in total. The predicted octanol–water partition coefficient (Wildman–Crippen LogP) is 2.94. The Kier molecular flexibility index (Phi) is 5.25. The molecule has 28 heavy (non-hydrogen) atoms. The molecule has 3 rings (SSSR count). The molecule has 10 heteroatoms. The van der Waals surface area contributed by atoms with Crippen LogP contribution in [0.25, 0.3) is 10.2 Å². The van der Waals surface area contributed by atoms with E-state index >= 15 is 0 Å². The molecule has 0 aliphatic heterocycles. The van der Waals surface area contributed by atoms with Crippen LogP contribution in [0.15, 0.2) is 65.0 Å². The van der Waals surface area contributed by atoms with Crippen molar-refractivity contribution in [2.45, 2.75) is 11.4 Å². The van der Waals surface area contributed by atoms with Crippen LogP contribution in [0.4, 0.5) is 5.69 Å². The van der Waals surface area contributed by atoms with Gasteiger partial charge < -0.3 is 4.57 Å². The van der Waals surface area contributed by atoms with E-state index in [1.54, 1.807) is 16.7 Å². The standard InChI is InChI=1S/C18H15N3O5S2/c1-3-10-20-15-9-6-13(21(23)24)11-16(15)27-18(20)19-17(22)12-4-7-14(8-5-12)28(2,25)26/h3-9,11H,1,10H2,2H3. The highest BCUT2D eigenvalue weighted by Gasteiger charge is 2.13. The molecular formula is C18H15N3O5S2. The molecule has 0 unspecified atom stereocenters. The Morgan fingerprint density at radius 3 is 2.54 bits per heavy atom. The van der Waals surface area contributed by atoms with Crippen LogP contribution in [0, 0.1) is 10.1 Å². The van der Waals surface area contributed by atoms with E-state index in [4.69, 9.17) is 0 Å². The molecule has 0 aliphatic carbocycles. The molecule has 0 saturated heterocycles. The van der Waals surface area contributed by atoms with Gasteiger partial charge in [0, 0.05) is 30.5 Å². The second-order valence-corrected chi connectivity index (χ2v) is 8.93. The molecule has 3 aromatic rings. The number of carbonyl (C=O) groups is 1. The lowest BCUT2D eigenvalue weighted by Crippen LogP contribution is -2.16. The smallest absolute Gasteiger partial charge is 0.279 e. The Hall–Kier alpha value is -3.11. The molecule has 1 aromatic heterocycles. The van der Waals surface area contributed by atoms with Crippen molar-refractivity contribution in [3.8, 4) is 0 Å². The van der Waals surface area contributed by atoms with Crippen molar-refractivity contribution in [1.82, 2.24) is 4.57 Å². The number of allylic oxidation sites excluding steroid dienone is 1. The van der Waals surface area contributed by atoms with Crippen LogP contribution in [-0.4, -0.2) is 30.1 Å². The largest absolute Gasteiger partial charge is 0.312 e. The quantitative estimate of drug-likeness (QED) is 0.360. The lowest BCUT2D eigenvalue weighted by Gasteiger charge is -2.01. The summed E-state index contributed by atoms with van der Waals surface area (Å²) < 4.78 is 25.4. The lowest BCUT2D eigenvalue weighted by molar-refractivity contribution is -0.384. The summed E-state index contributed by atoms with van der Waals surface area (Å²) in [5.41, 5.74) is 0.893. The van der Waals surface area contributed by atoms with Gasteiger partial charge in [-0.15, -0.1) is 6.58 Å². The highest BCUT2D eigenvalue weighted by molar-refractivity contribution is 7.90. The molecule has 0 aliphatic rings. The van der Waals surface area contributed by atoms with Gasteiger partial charge in [0.15, 0.2) is 14.6 Å². The molecule has 0 bridgehead atoms. The first kappa shape index (κ1) is 19.6. The minimum Gasteiger partial charge on any atom is -0.312 e. The number of aromatic nitrogens is 1. The number of rotatable bonds is 5. The molecular weight excluding hydrogens is 402 g/mol. The Morgan fingerprint density at radius 1 is 1.29 bits per heavy atom. The van der Waals surface area contributed by atoms with E-state index in [1.165, 1.54) is 36.4 Å². The monoisotopic (exact) mass is 417 g/mol. The van der Waals surface area contributed by atoms with Gasteiger partial charge in [-0.1, -0.05) is 17.4 Å². The van der Waals surface area contributed by atoms with E-state index in [0.29, 0.717) is 21.6 Å². The van der Waals surface area contributed by atoms with Crippen LogP contribution in [0.3, 0.4) is 0 Å². The zero-order valence-corrected chi connectivity index (χ0v) is 16.4. The number of carbonyl (C=O) groups excluding carboxylic acids is 1. The third-order valence-corrected chi connectivity index (χ3v) is 6.09. The number of hydrogen-bond donors (Lipinski definition) is 0. The molecule has 1 heterocycles. The molecule has 0 spiro atoms.